The van der Waals surface area contributed by atoms with E-state index in [1.54, 1.807) is 0 Å². The lowest BCUT2D eigenvalue weighted by Gasteiger charge is -2.46. The van der Waals surface area contributed by atoms with Gasteiger partial charge in [-0.25, -0.2) is 0 Å². The van der Waals surface area contributed by atoms with Crippen molar-refractivity contribution >= 4 is 11.8 Å². The zero-order chi connectivity index (χ0) is 11.8. The van der Waals surface area contributed by atoms with Gasteiger partial charge in [-0.2, -0.15) is 5.26 Å². The van der Waals surface area contributed by atoms with Crippen LogP contribution in [0.1, 0.15) is 39.0 Å². The maximum atomic E-state index is 11.7. The van der Waals surface area contributed by atoms with E-state index in [1.807, 2.05) is 6.92 Å². The van der Waals surface area contributed by atoms with E-state index >= 15 is 0 Å². The van der Waals surface area contributed by atoms with Gasteiger partial charge in [-0.1, -0.05) is 26.2 Å². The first-order valence-electron chi connectivity index (χ1n) is 5.86. The number of nitrogens with one attached hydrogen (secondary N) is 1. The number of nitrogens with zero attached hydrogens (tertiary/aromatic N) is 1. The molecule has 0 aromatic rings. The minimum Gasteiger partial charge on any atom is -0.295 e. The molecule has 86 valence electrons. The third-order valence-electron chi connectivity index (χ3n) is 4.25. The molecule has 0 radical (unpaired) electrons. The molecule has 4 heteroatoms. The minimum atomic E-state index is -0.652. The summed E-state index contributed by atoms with van der Waals surface area (Å²) in [5, 5.41) is 11.5. The summed E-state index contributed by atoms with van der Waals surface area (Å²) in [6, 6.07) is 2.10. The van der Waals surface area contributed by atoms with Crippen molar-refractivity contribution in [2.24, 2.45) is 17.3 Å². The lowest BCUT2D eigenvalue weighted by Crippen LogP contribution is -2.57. The third kappa shape index (κ3) is 1.42. The van der Waals surface area contributed by atoms with Gasteiger partial charge in [-0.15, -0.1) is 0 Å². The van der Waals surface area contributed by atoms with E-state index in [9.17, 15) is 9.59 Å². The van der Waals surface area contributed by atoms with Crippen LogP contribution in [0.3, 0.4) is 0 Å². The smallest absolute Gasteiger partial charge is 0.244 e. The molecule has 1 spiro atoms. The maximum Gasteiger partial charge on any atom is 0.244 e. The number of carbonyl (C=O) groups excluding carboxylic acids is 2. The number of carbonyl (C=O) groups is 2. The molecule has 16 heavy (non-hydrogen) atoms. The van der Waals surface area contributed by atoms with E-state index in [0.29, 0.717) is 0 Å². The van der Waals surface area contributed by atoms with E-state index in [4.69, 9.17) is 5.26 Å². The number of hydrogen-bond acceptors (Lipinski definition) is 3. The van der Waals surface area contributed by atoms with Gasteiger partial charge in [0.15, 0.2) is 0 Å². The molecule has 1 aliphatic carbocycles. The summed E-state index contributed by atoms with van der Waals surface area (Å²) in [5.41, 5.74) is -0.396. The lowest BCUT2D eigenvalue weighted by atomic mass is 9.58. The number of imide groups is 1. The van der Waals surface area contributed by atoms with Crippen LogP contribution in [0.15, 0.2) is 0 Å². The first-order chi connectivity index (χ1) is 7.62. The highest BCUT2D eigenvalue weighted by molar-refractivity contribution is 6.01. The second-order valence-electron chi connectivity index (χ2n) is 4.93. The molecule has 1 N–H and O–H groups in total. The molecule has 2 amide bonds. The van der Waals surface area contributed by atoms with E-state index in [1.165, 1.54) is 0 Å². The van der Waals surface area contributed by atoms with Gasteiger partial charge < -0.3 is 0 Å². The van der Waals surface area contributed by atoms with Gasteiger partial charge in [0.1, 0.15) is 5.92 Å². The summed E-state index contributed by atoms with van der Waals surface area (Å²) in [6.45, 7) is 1.84. The van der Waals surface area contributed by atoms with Gasteiger partial charge in [0.05, 0.1) is 6.07 Å². The summed E-state index contributed by atoms with van der Waals surface area (Å²) >= 11 is 0. The van der Waals surface area contributed by atoms with Crippen LogP contribution in [-0.4, -0.2) is 11.8 Å². The Balaban J connectivity index is 2.39. The minimum absolute atomic E-state index is 0.210. The molecule has 2 atom stereocenters. The molecular formula is C12H16N2O2. The normalized spacial score (nSPS) is 33.2. The molecule has 2 rings (SSSR count). The highest BCUT2D eigenvalue weighted by Crippen LogP contribution is 2.50. The van der Waals surface area contributed by atoms with Crippen molar-refractivity contribution in [3.63, 3.8) is 0 Å². The van der Waals surface area contributed by atoms with Crippen molar-refractivity contribution in [2.45, 2.75) is 39.0 Å². The predicted octanol–water partition coefficient (Wildman–Crippen LogP) is 1.37. The summed E-state index contributed by atoms with van der Waals surface area (Å²) in [7, 11) is 0. The molecule has 2 aliphatic rings. The van der Waals surface area contributed by atoms with E-state index < -0.39 is 17.2 Å². The first kappa shape index (κ1) is 11.1. The van der Waals surface area contributed by atoms with Crippen LogP contribution in [0.4, 0.5) is 0 Å². The van der Waals surface area contributed by atoms with E-state index in [2.05, 4.69) is 11.4 Å². The standard InChI is InChI=1S/C12H16N2O2/c1-8-10(15)14-11(16)9(7-13)12(8)5-3-2-4-6-12/h8-9H,2-6H2,1H3,(H,14,15,16). The Labute approximate surface area is 95.0 Å². The highest BCUT2D eigenvalue weighted by Gasteiger charge is 2.53. The van der Waals surface area contributed by atoms with Gasteiger partial charge in [0.2, 0.25) is 11.8 Å². The highest BCUT2D eigenvalue weighted by atomic mass is 16.2. The Bertz CT molecular complexity index is 364. The van der Waals surface area contributed by atoms with E-state index in [0.717, 1.165) is 32.1 Å². The Hall–Kier alpha value is -1.37. The van der Waals surface area contributed by atoms with Gasteiger partial charge in [0, 0.05) is 11.3 Å². The molecule has 0 aromatic carbocycles. The van der Waals surface area contributed by atoms with Crippen LogP contribution >= 0.6 is 0 Å². The maximum absolute atomic E-state index is 11.7. The number of amides is 2. The molecule has 2 unspecified atom stereocenters. The molecule has 0 aromatic heterocycles. The molecule has 1 aliphatic heterocycles. The fourth-order valence-corrected chi connectivity index (χ4v) is 3.19. The summed E-state index contributed by atoms with van der Waals surface area (Å²) in [4.78, 5) is 23.4. The second-order valence-corrected chi connectivity index (χ2v) is 4.93. The van der Waals surface area contributed by atoms with Crippen molar-refractivity contribution < 1.29 is 9.59 Å². The molecule has 1 heterocycles. The summed E-state index contributed by atoms with van der Waals surface area (Å²) in [6.07, 6.45) is 4.83. The predicted molar refractivity (Wildman–Crippen MR) is 56.9 cm³/mol. The van der Waals surface area contributed by atoms with Crippen LogP contribution in [0.2, 0.25) is 0 Å². The fourth-order valence-electron chi connectivity index (χ4n) is 3.19. The topological polar surface area (TPSA) is 70.0 Å². The zero-order valence-electron chi connectivity index (χ0n) is 9.45. The Morgan fingerprint density at radius 1 is 1.25 bits per heavy atom. The van der Waals surface area contributed by atoms with Crippen LogP contribution in [-0.2, 0) is 9.59 Å². The monoisotopic (exact) mass is 220 g/mol. The Morgan fingerprint density at radius 3 is 2.44 bits per heavy atom. The summed E-state index contributed by atoms with van der Waals surface area (Å²) < 4.78 is 0. The molecule has 1 saturated heterocycles. The molecule has 1 saturated carbocycles. The Morgan fingerprint density at radius 2 is 1.88 bits per heavy atom. The van der Waals surface area contributed by atoms with Crippen LogP contribution in [0, 0.1) is 28.6 Å². The lowest BCUT2D eigenvalue weighted by molar-refractivity contribution is -0.148. The second kappa shape index (κ2) is 3.89. The fraction of sp³-hybridized carbons (Fsp3) is 0.750. The van der Waals surface area contributed by atoms with Crippen molar-refractivity contribution in [1.29, 1.82) is 5.26 Å². The third-order valence-corrected chi connectivity index (χ3v) is 4.25. The van der Waals surface area contributed by atoms with Gasteiger partial charge in [-0.3, -0.25) is 14.9 Å². The van der Waals surface area contributed by atoms with Gasteiger partial charge >= 0.3 is 0 Å². The first-order valence-corrected chi connectivity index (χ1v) is 5.86. The summed E-state index contributed by atoms with van der Waals surface area (Å²) in [5.74, 6) is -1.48. The number of rotatable bonds is 0. The molecule has 0 bridgehead atoms. The van der Waals surface area contributed by atoms with E-state index in [-0.39, 0.29) is 11.8 Å². The number of nitriles is 1. The largest absolute Gasteiger partial charge is 0.295 e. The van der Waals surface area contributed by atoms with Crippen molar-refractivity contribution in [2.75, 3.05) is 0 Å². The van der Waals surface area contributed by atoms with Crippen LogP contribution in [0.25, 0.3) is 0 Å². The van der Waals surface area contributed by atoms with Crippen LogP contribution < -0.4 is 5.32 Å². The van der Waals surface area contributed by atoms with Crippen LogP contribution in [0.5, 0.6) is 0 Å². The average Bonchev–Trinajstić information content (AvgIpc) is 2.28. The Kier molecular flexibility index (Phi) is 2.71. The van der Waals surface area contributed by atoms with Gasteiger partial charge in [0.25, 0.3) is 0 Å². The van der Waals surface area contributed by atoms with Crippen molar-refractivity contribution in [1.82, 2.24) is 5.32 Å². The number of hydrogen-bond donors (Lipinski definition) is 1. The molecular weight excluding hydrogens is 204 g/mol. The quantitative estimate of drug-likeness (QED) is 0.627. The number of piperidine rings is 1. The molecule has 4 nitrogen and oxygen atoms in total. The van der Waals surface area contributed by atoms with Crippen molar-refractivity contribution in [3.05, 3.63) is 0 Å². The average molecular weight is 220 g/mol. The zero-order valence-corrected chi connectivity index (χ0v) is 9.45. The van der Waals surface area contributed by atoms with Gasteiger partial charge in [-0.05, 0) is 12.8 Å². The SMILES string of the molecule is CC1C(=O)NC(=O)C(C#N)C12CCCCC2. The van der Waals surface area contributed by atoms with Crippen molar-refractivity contribution in [3.8, 4) is 6.07 Å². The molecule has 2 fully saturated rings.